The Balaban J connectivity index is 1.13. The highest BCUT2D eigenvalue weighted by Gasteiger charge is 2.42. The minimum Gasteiger partial charge on any atom is -0.311 e. The first-order valence-corrected chi connectivity index (χ1v) is 25.0. The summed E-state index contributed by atoms with van der Waals surface area (Å²) >= 11 is 0. The van der Waals surface area contributed by atoms with Crippen molar-refractivity contribution in [2.75, 3.05) is 4.90 Å². The molecule has 0 amide bonds. The molecule has 0 bridgehead atoms. The van der Waals surface area contributed by atoms with Gasteiger partial charge in [-0.2, -0.15) is 0 Å². The third-order valence-electron chi connectivity index (χ3n) is 16.1. The van der Waals surface area contributed by atoms with E-state index in [0.717, 1.165) is 28.3 Å². The van der Waals surface area contributed by atoms with E-state index in [0.29, 0.717) is 0 Å². The van der Waals surface area contributed by atoms with E-state index in [-0.39, 0.29) is 6.71 Å². The smallest absolute Gasteiger partial charge is 0.252 e. The predicted molar refractivity (Wildman–Crippen MR) is 303 cm³/mol. The van der Waals surface area contributed by atoms with Gasteiger partial charge in [-0.1, -0.05) is 164 Å². The lowest BCUT2D eigenvalue weighted by atomic mass is 9.34. The SMILES string of the molecule is c1ccc(N2c3ccccc3B3c4c2cc(-n2c5ccccc5c5c6c(c7ccccc7n6-c6ccccc6)c6c(c7ccccc7n6-c6ccccc6)c52)cc4-n2c4ccccc4c4cccc3c42)cc1. The summed E-state index contributed by atoms with van der Waals surface area (Å²) in [6, 6.07) is 90.2. The van der Waals surface area contributed by atoms with Crippen LogP contribution in [0.4, 0.5) is 17.1 Å². The van der Waals surface area contributed by atoms with Gasteiger partial charge in [0.1, 0.15) is 0 Å². The van der Waals surface area contributed by atoms with Gasteiger partial charge in [-0.3, -0.25) is 0 Å². The number of anilines is 3. The normalized spacial score (nSPS) is 12.9. The minimum atomic E-state index is 0.0237. The van der Waals surface area contributed by atoms with E-state index in [1.807, 2.05) is 0 Å². The number of aromatic nitrogens is 4. The molecule has 0 spiro atoms. The summed E-state index contributed by atoms with van der Waals surface area (Å²) in [5.41, 5.74) is 21.7. The Morgan fingerprint density at radius 2 is 0.653 bits per heavy atom. The summed E-state index contributed by atoms with van der Waals surface area (Å²) in [5, 5.41) is 9.92. The van der Waals surface area contributed by atoms with Crippen molar-refractivity contribution in [3.63, 3.8) is 0 Å². The third-order valence-corrected chi connectivity index (χ3v) is 16.1. The fourth-order valence-electron chi connectivity index (χ4n) is 13.4. The maximum atomic E-state index is 2.63. The maximum absolute atomic E-state index is 2.63. The number of para-hydroxylation sites is 9. The summed E-state index contributed by atoms with van der Waals surface area (Å²) in [4.78, 5) is 2.53. The van der Waals surface area contributed by atoms with Gasteiger partial charge >= 0.3 is 0 Å². The Morgan fingerprint density at radius 3 is 1.21 bits per heavy atom. The fraction of sp³-hybridized carbons (Fsp3) is 0. The predicted octanol–water partition coefficient (Wildman–Crippen LogP) is 14.7. The Kier molecular flexibility index (Phi) is 7.49. The van der Waals surface area contributed by atoms with Gasteiger partial charge in [0.15, 0.2) is 0 Å². The molecule has 6 heterocycles. The van der Waals surface area contributed by atoms with Gasteiger partial charge in [-0.15, -0.1) is 0 Å². The third kappa shape index (κ3) is 4.79. The van der Waals surface area contributed by atoms with Crippen LogP contribution in [0.3, 0.4) is 0 Å². The van der Waals surface area contributed by atoms with Gasteiger partial charge in [0.25, 0.3) is 6.71 Å². The van der Waals surface area contributed by atoms with Crippen molar-refractivity contribution in [1.29, 1.82) is 0 Å². The fourth-order valence-corrected chi connectivity index (χ4v) is 13.4. The zero-order valence-corrected chi connectivity index (χ0v) is 38.9. The molecule has 17 rings (SSSR count). The Labute approximate surface area is 413 Å². The van der Waals surface area contributed by atoms with Crippen molar-refractivity contribution < 1.29 is 0 Å². The molecular formula is C66H40BN5. The number of nitrogens with zero attached hydrogens (tertiary/aromatic N) is 5. The van der Waals surface area contributed by atoms with E-state index < -0.39 is 0 Å². The molecule has 0 N–H and O–H groups in total. The first-order chi connectivity index (χ1) is 35.8. The number of fused-ring (bicyclic) bond motifs is 19. The average molecular weight is 914 g/mol. The molecule has 4 aromatic heterocycles. The van der Waals surface area contributed by atoms with Crippen molar-refractivity contribution in [3.05, 3.63) is 243 Å². The minimum absolute atomic E-state index is 0.0237. The zero-order chi connectivity index (χ0) is 46.8. The van der Waals surface area contributed by atoms with Crippen LogP contribution >= 0.6 is 0 Å². The second kappa shape index (κ2) is 14.1. The molecule has 0 unspecified atom stereocenters. The molecule has 0 radical (unpaired) electrons. The summed E-state index contributed by atoms with van der Waals surface area (Å²) in [6.07, 6.45) is 0. The monoisotopic (exact) mass is 913 g/mol. The zero-order valence-electron chi connectivity index (χ0n) is 38.9. The molecule has 2 aliphatic heterocycles. The van der Waals surface area contributed by atoms with Crippen LogP contribution in [0, 0.1) is 0 Å². The second-order valence-corrected chi connectivity index (χ2v) is 19.6. The van der Waals surface area contributed by atoms with Crippen LogP contribution in [0.5, 0.6) is 0 Å². The molecule has 5 nitrogen and oxygen atoms in total. The van der Waals surface area contributed by atoms with E-state index in [1.165, 1.54) is 115 Å². The molecule has 0 fully saturated rings. The molecule has 6 heteroatoms. The Bertz CT molecular complexity index is 4740. The van der Waals surface area contributed by atoms with Crippen LogP contribution in [-0.4, -0.2) is 25.0 Å². The quantitative estimate of drug-likeness (QED) is 0.161. The maximum Gasteiger partial charge on any atom is 0.252 e. The van der Waals surface area contributed by atoms with Gasteiger partial charge < -0.3 is 23.2 Å². The van der Waals surface area contributed by atoms with Crippen LogP contribution in [0.1, 0.15) is 0 Å². The van der Waals surface area contributed by atoms with Gasteiger partial charge in [-0.05, 0) is 95.3 Å². The van der Waals surface area contributed by atoms with Gasteiger partial charge in [0.05, 0.1) is 44.3 Å². The molecule has 0 saturated heterocycles. The molecule has 0 atom stereocenters. The van der Waals surface area contributed by atoms with Crippen molar-refractivity contribution in [3.8, 4) is 22.7 Å². The van der Waals surface area contributed by atoms with Crippen LogP contribution in [-0.2, 0) is 0 Å². The van der Waals surface area contributed by atoms with Crippen molar-refractivity contribution >= 4 is 127 Å². The van der Waals surface area contributed by atoms with E-state index in [4.69, 9.17) is 0 Å². The highest BCUT2D eigenvalue weighted by Crippen LogP contribution is 2.51. The Morgan fingerprint density at radius 1 is 0.250 bits per heavy atom. The largest absolute Gasteiger partial charge is 0.311 e. The lowest BCUT2D eigenvalue weighted by Gasteiger charge is -2.40. The first kappa shape index (κ1) is 38.3. The van der Waals surface area contributed by atoms with Gasteiger partial charge in [0.2, 0.25) is 0 Å². The van der Waals surface area contributed by atoms with Gasteiger partial charge in [-0.25, -0.2) is 0 Å². The lowest BCUT2D eigenvalue weighted by molar-refractivity contribution is 1.13. The summed E-state index contributed by atoms with van der Waals surface area (Å²) in [6.45, 7) is 0.0237. The molecule has 72 heavy (non-hydrogen) atoms. The van der Waals surface area contributed by atoms with E-state index in [9.17, 15) is 0 Å². The second-order valence-electron chi connectivity index (χ2n) is 19.6. The molecule has 0 saturated carbocycles. The molecule has 332 valence electrons. The highest BCUT2D eigenvalue weighted by atomic mass is 15.2. The van der Waals surface area contributed by atoms with Crippen LogP contribution < -0.4 is 21.3 Å². The number of rotatable bonds is 4. The Hall–Kier alpha value is -9.52. The number of benzene rings is 11. The molecule has 2 aliphatic rings. The summed E-state index contributed by atoms with van der Waals surface area (Å²) < 4.78 is 10.3. The van der Waals surface area contributed by atoms with Crippen molar-refractivity contribution in [2.24, 2.45) is 0 Å². The standard InChI is InChI=1S/C66H40BN5/c1-4-21-41(22-5-1)68-56-38-19-14-32-50(56)67-51-33-20-31-46-45-27-10-15-34-52(45)72(63(46)51)58-40-44(39-57(68)62(58)67)71-55-37-18-13-30-49(55)61-65-59(47-28-11-16-35-53(47)69(65)42-23-6-2-7-24-42)64-60(66(61)71)48-29-12-17-36-54(48)70(64)43-25-8-3-9-26-43/h1-40H. The first-order valence-electron chi connectivity index (χ1n) is 25.0. The van der Waals surface area contributed by atoms with Gasteiger partial charge in [0, 0.05) is 82.7 Å². The number of hydrogen-bond donors (Lipinski definition) is 0. The van der Waals surface area contributed by atoms with Crippen LogP contribution in [0.2, 0.25) is 0 Å². The van der Waals surface area contributed by atoms with E-state index in [2.05, 4.69) is 266 Å². The molecule has 11 aromatic carbocycles. The van der Waals surface area contributed by atoms with E-state index in [1.54, 1.807) is 0 Å². The molecule has 15 aromatic rings. The summed E-state index contributed by atoms with van der Waals surface area (Å²) in [5.74, 6) is 0. The average Bonchev–Trinajstić information content (AvgIpc) is 4.18. The van der Waals surface area contributed by atoms with Crippen LogP contribution in [0.25, 0.3) is 110 Å². The topological polar surface area (TPSA) is 23.0 Å². The van der Waals surface area contributed by atoms with Crippen molar-refractivity contribution in [1.82, 2.24) is 18.3 Å². The van der Waals surface area contributed by atoms with Crippen molar-refractivity contribution in [2.45, 2.75) is 0 Å². The highest BCUT2D eigenvalue weighted by molar-refractivity contribution is 7.00. The number of hydrogen-bond acceptors (Lipinski definition) is 1. The molecular weight excluding hydrogens is 874 g/mol. The summed E-state index contributed by atoms with van der Waals surface area (Å²) in [7, 11) is 0. The van der Waals surface area contributed by atoms with Crippen LogP contribution in [0.15, 0.2) is 243 Å². The van der Waals surface area contributed by atoms with E-state index >= 15 is 0 Å². The molecule has 0 aliphatic carbocycles. The lowest BCUT2D eigenvalue weighted by Crippen LogP contribution is -2.60.